The van der Waals surface area contributed by atoms with Crippen molar-refractivity contribution in [3.05, 3.63) is 66.0 Å². The summed E-state index contributed by atoms with van der Waals surface area (Å²) in [6, 6.07) is 17.4. The number of H-pyrrole nitrogens is 1. The number of benzene rings is 2. The molecule has 0 aliphatic carbocycles. The number of aromatic amines is 1. The number of ether oxygens (including phenoxy) is 1. The van der Waals surface area contributed by atoms with Crippen molar-refractivity contribution in [1.29, 1.82) is 0 Å². The summed E-state index contributed by atoms with van der Waals surface area (Å²) in [6.45, 7) is 7.33. The second-order valence-corrected chi connectivity index (χ2v) is 10.2. The molecule has 34 heavy (non-hydrogen) atoms. The molecule has 0 aliphatic rings. The molecule has 1 aromatic heterocycles. The van der Waals surface area contributed by atoms with Gasteiger partial charge in [0, 0.05) is 12.1 Å². The van der Waals surface area contributed by atoms with Crippen LogP contribution in [0.15, 0.2) is 54.6 Å². The molecule has 0 saturated carbocycles. The van der Waals surface area contributed by atoms with Gasteiger partial charge in [0.25, 0.3) is 0 Å². The van der Waals surface area contributed by atoms with Gasteiger partial charge in [0.2, 0.25) is 10.0 Å². The van der Waals surface area contributed by atoms with Gasteiger partial charge in [-0.15, -0.1) is 0 Å². The van der Waals surface area contributed by atoms with Crippen LogP contribution in [0.3, 0.4) is 0 Å². The van der Waals surface area contributed by atoms with Crippen LogP contribution >= 0.6 is 0 Å². The van der Waals surface area contributed by atoms with Gasteiger partial charge in [-0.05, 0) is 62.3 Å². The molecule has 0 saturated heterocycles. The summed E-state index contributed by atoms with van der Waals surface area (Å²) in [4.78, 5) is 6.80. The fourth-order valence-corrected chi connectivity index (χ4v) is 5.20. The summed E-state index contributed by atoms with van der Waals surface area (Å²) in [5.74, 6) is 1.91. The maximum absolute atomic E-state index is 13.3. The first kappa shape index (κ1) is 25.9. The van der Waals surface area contributed by atoms with Crippen LogP contribution in [0.4, 0.5) is 0 Å². The van der Waals surface area contributed by atoms with E-state index in [-0.39, 0.29) is 12.3 Å². The Balaban J connectivity index is 1.73. The minimum absolute atomic E-state index is 0.109. The third kappa shape index (κ3) is 7.38. The van der Waals surface area contributed by atoms with E-state index in [0.717, 1.165) is 36.5 Å². The molecule has 0 bridgehead atoms. The van der Waals surface area contributed by atoms with Crippen LogP contribution in [0.25, 0.3) is 11.4 Å². The number of nitrogens with zero attached hydrogens (tertiary/aromatic N) is 4. The number of nitrogens with one attached hydrogen (secondary N) is 1. The Morgan fingerprint density at radius 2 is 1.68 bits per heavy atom. The molecule has 2 aromatic carbocycles. The number of sulfonamides is 1. The third-order valence-electron chi connectivity index (χ3n) is 5.86. The topological polar surface area (TPSA) is 91.4 Å². The first-order valence-electron chi connectivity index (χ1n) is 11.7. The smallest absolute Gasteiger partial charge is 0.214 e. The monoisotopic (exact) mass is 485 g/mol. The molecule has 8 nitrogen and oxygen atoms in total. The highest BCUT2D eigenvalue weighted by Gasteiger charge is 2.24. The van der Waals surface area contributed by atoms with E-state index in [2.05, 4.69) is 33.9 Å². The van der Waals surface area contributed by atoms with Gasteiger partial charge in [0.15, 0.2) is 5.82 Å². The van der Waals surface area contributed by atoms with Crippen molar-refractivity contribution in [1.82, 2.24) is 24.4 Å². The van der Waals surface area contributed by atoms with Crippen LogP contribution in [0.1, 0.15) is 31.7 Å². The zero-order valence-corrected chi connectivity index (χ0v) is 21.1. The third-order valence-corrected chi connectivity index (χ3v) is 7.77. The average Bonchev–Trinajstić information content (AvgIpc) is 3.33. The lowest BCUT2D eigenvalue weighted by Gasteiger charge is -2.23. The number of rotatable bonds is 14. The Labute approximate surface area is 203 Å². The van der Waals surface area contributed by atoms with E-state index >= 15 is 0 Å². The van der Waals surface area contributed by atoms with Crippen LogP contribution < -0.4 is 4.74 Å². The predicted octanol–water partition coefficient (Wildman–Crippen LogP) is 3.59. The summed E-state index contributed by atoms with van der Waals surface area (Å²) in [5.41, 5.74) is 1.93. The van der Waals surface area contributed by atoms with Gasteiger partial charge in [-0.25, -0.2) is 13.4 Å². The number of hydrogen-bond acceptors (Lipinski definition) is 6. The van der Waals surface area contributed by atoms with Gasteiger partial charge in [0.1, 0.15) is 11.6 Å². The summed E-state index contributed by atoms with van der Waals surface area (Å²) < 4.78 is 33.3. The molecule has 0 fully saturated rings. The zero-order valence-electron chi connectivity index (χ0n) is 20.3. The van der Waals surface area contributed by atoms with Crippen molar-refractivity contribution >= 4 is 10.0 Å². The average molecular weight is 486 g/mol. The molecular weight excluding hydrogens is 450 g/mol. The van der Waals surface area contributed by atoms with Gasteiger partial charge in [0.05, 0.1) is 19.4 Å². The van der Waals surface area contributed by atoms with Crippen molar-refractivity contribution in [3.63, 3.8) is 0 Å². The van der Waals surface area contributed by atoms with E-state index in [0.29, 0.717) is 31.0 Å². The second kappa shape index (κ2) is 12.6. The van der Waals surface area contributed by atoms with Gasteiger partial charge in [-0.2, -0.15) is 9.40 Å². The van der Waals surface area contributed by atoms with Crippen molar-refractivity contribution < 1.29 is 13.2 Å². The molecule has 0 radical (unpaired) electrons. The summed E-state index contributed by atoms with van der Waals surface area (Å²) in [5, 5.41) is 7.22. The van der Waals surface area contributed by atoms with Crippen LogP contribution in [-0.2, 0) is 23.0 Å². The van der Waals surface area contributed by atoms with Crippen LogP contribution in [0, 0.1) is 0 Å². The first-order valence-corrected chi connectivity index (χ1v) is 13.4. The Hall–Kier alpha value is -2.75. The number of aromatic nitrogens is 3. The summed E-state index contributed by atoms with van der Waals surface area (Å²) >= 11 is 0. The molecule has 0 aliphatic heterocycles. The Morgan fingerprint density at radius 1 is 0.971 bits per heavy atom. The van der Waals surface area contributed by atoms with E-state index in [1.165, 1.54) is 4.31 Å². The highest BCUT2D eigenvalue weighted by atomic mass is 32.2. The van der Waals surface area contributed by atoms with Gasteiger partial charge in [-0.3, -0.25) is 5.10 Å². The summed E-state index contributed by atoms with van der Waals surface area (Å²) in [7, 11) is -1.85. The molecule has 0 atom stereocenters. The number of methoxy groups -OCH3 is 1. The summed E-state index contributed by atoms with van der Waals surface area (Å²) in [6.07, 6.45) is 1.23. The van der Waals surface area contributed by atoms with Crippen LogP contribution in [0.5, 0.6) is 5.75 Å². The highest BCUT2D eigenvalue weighted by molar-refractivity contribution is 7.89. The molecule has 9 heteroatoms. The van der Waals surface area contributed by atoms with Crippen molar-refractivity contribution in [3.8, 4) is 17.1 Å². The molecule has 3 aromatic rings. The first-order chi connectivity index (χ1) is 16.4. The lowest BCUT2D eigenvalue weighted by molar-refractivity contribution is 0.303. The molecule has 3 rings (SSSR count). The normalized spacial score (nSPS) is 11.9. The van der Waals surface area contributed by atoms with E-state index < -0.39 is 10.0 Å². The quantitative estimate of drug-likeness (QED) is 0.375. The van der Waals surface area contributed by atoms with Gasteiger partial charge in [-0.1, -0.05) is 44.2 Å². The minimum atomic E-state index is -3.46. The van der Waals surface area contributed by atoms with E-state index in [1.54, 1.807) is 7.11 Å². The highest BCUT2D eigenvalue weighted by Crippen LogP contribution is 2.20. The van der Waals surface area contributed by atoms with E-state index in [4.69, 9.17) is 4.74 Å². The lowest BCUT2D eigenvalue weighted by atomic mass is 10.1. The van der Waals surface area contributed by atoms with E-state index in [1.807, 2.05) is 54.6 Å². The predicted molar refractivity (Wildman–Crippen MR) is 135 cm³/mol. The molecule has 184 valence electrons. The molecule has 1 N–H and O–H groups in total. The Morgan fingerprint density at radius 3 is 2.32 bits per heavy atom. The SMILES string of the molecule is CCN(CC)CCCS(=O)(=O)N(CCc1ccccc1)Cc1nc(-c2ccc(OC)cc2)n[nH]1. The van der Waals surface area contributed by atoms with Crippen molar-refractivity contribution in [2.24, 2.45) is 0 Å². The fraction of sp³-hybridized carbons (Fsp3) is 0.440. The second-order valence-electron chi connectivity index (χ2n) is 8.10. The minimum Gasteiger partial charge on any atom is -0.497 e. The maximum Gasteiger partial charge on any atom is 0.214 e. The van der Waals surface area contributed by atoms with Crippen LogP contribution in [0.2, 0.25) is 0 Å². The standard InChI is InChI=1S/C25H35N5O3S/c1-4-29(5-2)17-9-19-34(31,32)30(18-16-21-10-7-6-8-11-21)20-24-26-25(28-27-24)22-12-14-23(33-3)15-13-22/h6-8,10-15H,4-5,9,16-20H2,1-3H3,(H,26,27,28). The Bertz CT molecular complexity index is 1100. The lowest BCUT2D eigenvalue weighted by Crippen LogP contribution is -2.36. The molecule has 1 heterocycles. The molecular formula is C25H35N5O3S. The maximum atomic E-state index is 13.3. The molecule has 0 unspecified atom stereocenters. The zero-order chi connectivity index (χ0) is 24.4. The molecule has 0 spiro atoms. The largest absolute Gasteiger partial charge is 0.497 e. The van der Waals surface area contributed by atoms with Gasteiger partial charge >= 0.3 is 0 Å². The Kier molecular flexibility index (Phi) is 9.62. The number of hydrogen-bond donors (Lipinski definition) is 1. The van der Waals surface area contributed by atoms with Crippen molar-refractivity contribution in [2.75, 3.05) is 39.0 Å². The van der Waals surface area contributed by atoms with Crippen molar-refractivity contribution in [2.45, 2.75) is 33.2 Å². The van der Waals surface area contributed by atoms with E-state index in [9.17, 15) is 8.42 Å². The van der Waals surface area contributed by atoms with Crippen LogP contribution in [-0.4, -0.2) is 71.8 Å². The van der Waals surface area contributed by atoms with Gasteiger partial charge < -0.3 is 9.64 Å². The molecule has 0 amide bonds. The fourth-order valence-electron chi connectivity index (χ4n) is 3.76.